The van der Waals surface area contributed by atoms with Crippen LogP contribution in [0, 0.1) is 11.7 Å². The Kier molecular flexibility index (Phi) is 6.60. The highest BCUT2D eigenvalue weighted by molar-refractivity contribution is 5.79. The van der Waals surface area contributed by atoms with Crippen molar-refractivity contribution >= 4 is 11.6 Å². The highest BCUT2D eigenvalue weighted by Gasteiger charge is 2.22. The Balaban J connectivity index is 2.17. The Morgan fingerprint density at radius 1 is 1.21 bits per heavy atom. The van der Waals surface area contributed by atoms with E-state index in [2.05, 4.69) is 22.0 Å². The molecule has 0 aliphatic carbocycles. The maximum atomic E-state index is 13.8. The van der Waals surface area contributed by atoms with Crippen LogP contribution >= 0.6 is 0 Å². The fourth-order valence-electron chi connectivity index (χ4n) is 3.08. The third-order valence-electron chi connectivity index (χ3n) is 5.03. The Labute approximate surface area is 145 Å². The van der Waals surface area contributed by atoms with Crippen LogP contribution in [-0.2, 0) is 4.79 Å². The normalized spacial score (nSPS) is 18.3. The second kappa shape index (κ2) is 8.47. The molecule has 4 nitrogen and oxygen atoms in total. The molecule has 0 bridgehead atoms. The van der Waals surface area contributed by atoms with Gasteiger partial charge in [-0.3, -0.25) is 4.79 Å². The predicted molar refractivity (Wildman–Crippen MR) is 96.7 cm³/mol. The van der Waals surface area contributed by atoms with E-state index in [1.165, 1.54) is 6.07 Å². The number of rotatable bonds is 6. The van der Waals surface area contributed by atoms with Crippen molar-refractivity contribution in [2.75, 3.05) is 37.6 Å². The van der Waals surface area contributed by atoms with Crippen molar-refractivity contribution in [1.82, 2.24) is 10.2 Å². The van der Waals surface area contributed by atoms with Crippen molar-refractivity contribution in [2.24, 2.45) is 5.92 Å². The average molecular weight is 335 g/mol. The number of nitrogens with one attached hydrogen (secondary N) is 1. The quantitative estimate of drug-likeness (QED) is 0.867. The van der Waals surface area contributed by atoms with Crippen LogP contribution in [0.5, 0.6) is 0 Å². The molecular weight excluding hydrogens is 305 g/mol. The largest absolute Gasteiger partial charge is 0.369 e. The summed E-state index contributed by atoms with van der Waals surface area (Å²) in [5, 5.41) is 3.03. The van der Waals surface area contributed by atoms with Gasteiger partial charge < -0.3 is 15.1 Å². The van der Waals surface area contributed by atoms with E-state index < -0.39 is 0 Å². The fraction of sp³-hybridized carbons (Fsp3) is 0.632. The summed E-state index contributed by atoms with van der Waals surface area (Å²) >= 11 is 0. The van der Waals surface area contributed by atoms with Crippen molar-refractivity contribution in [3.63, 3.8) is 0 Å². The van der Waals surface area contributed by atoms with Gasteiger partial charge in [-0.2, -0.15) is 0 Å². The van der Waals surface area contributed by atoms with Gasteiger partial charge in [0.25, 0.3) is 0 Å². The lowest BCUT2D eigenvalue weighted by Crippen LogP contribution is -2.46. The smallest absolute Gasteiger partial charge is 0.223 e. The number of carbonyl (C=O) groups excluding carboxylic acids is 1. The first kappa shape index (κ1) is 18.7. The van der Waals surface area contributed by atoms with Crippen molar-refractivity contribution < 1.29 is 9.18 Å². The van der Waals surface area contributed by atoms with Crippen LogP contribution in [0.25, 0.3) is 0 Å². The van der Waals surface area contributed by atoms with E-state index in [1.807, 2.05) is 26.8 Å². The van der Waals surface area contributed by atoms with Gasteiger partial charge in [-0.15, -0.1) is 0 Å². The van der Waals surface area contributed by atoms with Crippen molar-refractivity contribution in [3.05, 3.63) is 29.6 Å². The summed E-state index contributed by atoms with van der Waals surface area (Å²) in [5.41, 5.74) is 1.89. The lowest BCUT2D eigenvalue weighted by molar-refractivity contribution is -0.125. The van der Waals surface area contributed by atoms with Gasteiger partial charge >= 0.3 is 0 Å². The number of halogens is 1. The summed E-state index contributed by atoms with van der Waals surface area (Å²) in [7, 11) is 0. The number of benzene rings is 1. The zero-order valence-electron chi connectivity index (χ0n) is 15.3. The maximum absolute atomic E-state index is 13.8. The van der Waals surface area contributed by atoms with Crippen LogP contribution in [0.3, 0.4) is 0 Å². The number of hydrogen-bond donors (Lipinski definition) is 1. The standard InChI is InChI=1S/C19H30FN3O/c1-5-14(3)19(24)21-15(4)17-13-16(20)7-8-18(17)23-11-9-22(6-2)10-12-23/h7-8,13-15H,5-6,9-12H2,1-4H3,(H,21,24). The molecule has 2 atom stereocenters. The van der Waals surface area contributed by atoms with E-state index in [0.717, 1.165) is 50.4 Å². The van der Waals surface area contributed by atoms with Crippen LogP contribution in [0.1, 0.15) is 45.7 Å². The van der Waals surface area contributed by atoms with Crippen LogP contribution in [0.4, 0.5) is 10.1 Å². The molecule has 1 heterocycles. The summed E-state index contributed by atoms with van der Waals surface area (Å²) in [6.07, 6.45) is 0.799. The number of piperazine rings is 1. The van der Waals surface area contributed by atoms with Gasteiger partial charge in [-0.1, -0.05) is 20.8 Å². The van der Waals surface area contributed by atoms with Gasteiger partial charge in [0.2, 0.25) is 5.91 Å². The fourth-order valence-corrected chi connectivity index (χ4v) is 3.08. The molecule has 1 N–H and O–H groups in total. The van der Waals surface area contributed by atoms with E-state index in [1.54, 1.807) is 6.07 Å². The van der Waals surface area contributed by atoms with Gasteiger partial charge in [-0.25, -0.2) is 4.39 Å². The monoisotopic (exact) mass is 335 g/mol. The topological polar surface area (TPSA) is 35.6 Å². The lowest BCUT2D eigenvalue weighted by atomic mass is 10.0. The van der Waals surface area contributed by atoms with Crippen LogP contribution < -0.4 is 10.2 Å². The molecule has 1 fully saturated rings. The molecule has 1 saturated heterocycles. The number of anilines is 1. The van der Waals surface area contributed by atoms with Crippen LogP contribution in [0.2, 0.25) is 0 Å². The highest BCUT2D eigenvalue weighted by Crippen LogP contribution is 2.28. The SMILES string of the molecule is CCC(C)C(=O)NC(C)c1cc(F)ccc1N1CCN(CC)CC1. The molecule has 1 aliphatic heterocycles. The van der Waals surface area contributed by atoms with E-state index in [0.29, 0.717) is 0 Å². The Morgan fingerprint density at radius 3 is 2.46 bits per heavy atom. The van der Waals surface area contributed by atoms with Gasteiger partial charge in [0.05, 0.1) is 6.04 Å². The van der Waals surface area contributed by atoms with E-state index >= 15 is 0 Å². The van der Waals surface area contributed by atoms with Gasteiger partial charge in [0.15, 0.2) is 0 Å². The second-order valence-corrected chi connectivity index (χ2v) is 6.66. The zero-order valence-corrected chi connectivity index (χ0v) is 15.3. The van der Waals surface area contributed by atoms with E-state index in [9.17, 15) is 9.18 Å². The molecule has 1 aliphatic rings. The molecular formula is C19H30FN3O. The predicted octanol–water partition coefficient (Wildman–Crippen LogP) is 3.19. The minimum Gasteiger partial charge on any atom is -0.369 e. The molecule has 0 spiro atoms. The third-order valence-corrected chi connectivity index (χ3v) is 5.03. The zero-order chi connectivity index (χ0) is 17.7. The molecule has 0 aromatic heterocycles. The average Bonchev–Trinajstić information content (AvgIpc) is 2.60. The first-order valence-corrected chi connectivity index (χ1v) is 9.03. The lowest BCUT2D eigenvalue weighted by Gasteiger charge is -2.37. The molecule has 2 unspecified atom stereocenters. The van der Waals surface area contributed by atoms with Crippen molar-refractivity contribution in [1.29, 1.82) is 0 Å². The molecule has 1 aromatic rings. The number of amides is 1. The number of hydrogen-bond acceptors (Lipinski definition) is 3. The molecule has 5 heteroatoms. The molecule has 0 saturated carbocycles. The van der Waals surface area contributed by atoms with Crippen molar-refractivity contribution in [3.8, 4) is 0 Å². The minimum absolute atomic E-state index is 0.0241. The van der Waals surface area contributed by atoms with E-state index in [4.69, 9.17) is 0 Å². The Bertz CT molecular complexity index is 556. The minimum atomic E-state index is -0.259. The number of nitrogens with zero attached hydrogens (tertiary/aromatic N) is 2. The summed E-state index contributed by atoms with van der Waals surface area (Å²) in [6, 6.07) is 4.71. The Hall–Kier alpha value is -1.62. The summed E-state index contributed by atoms with van der Waals surface area (Å²) in [5.74, 6) is -0.265. The molecule has 1 aromatic carbocycles. The highest BCUT2D eigenvalue weighted by atomic mass is 19.1. The van der Waals surface area contributed by atoms with Gasteiger partial charge in [0.1, 0.15) is 5.82 Å². The summed E-state index contributed by atoms with van der Waals surface area (Å²) < 4.78 is 13.8. The maximum Gasteiger partial charge on any atom is 0.223 e. The molecule has 2 rings (SSSR count). The third kappa shape index (κ3) is 4.47. The van der Waals surface area contributed by atoms with Crippen LogP contribution in [-0.4, -0.2) is 43.5 Å². The second-order valence-electron chi connectivity index (χ2n) is 6.66. The molecule has 0 radical (unpaired) electrons. The summed E-state index contributed by atoms with van der Waals surface area (Å²) in [4.78, 5) is 16.9. The molecule has 24 heavy (non-hydrogen) atoms. The van der Waals surface area contributed by atoms with Gasteiger partial charge in [-0.05, 0) is 38.1 Å². The van der Waals surface area contributed by atoms with Crippen LogP contribution in [0.15, 0.2) is 18.2 Å². The Morgan fingerprint density at radius 2 is 1.88 bits per heavy atom. The van der Waals surface area contributed by atoms with E-state index in [-0.39, 0.29) is 23.7 Å². The van der Waals surface area contributed by atoms with Gasteiger partial charge in [0, 0.05) is 43.3 Å². The first-order chi connectivity index (χ1) is 11.5. The molecule has 134 valence electrons. The summed E-state index contributed by atoms with van der Waals surface area (Å²) in [6.45, 7) is 13.0. The molecule has 1 amide bonds. The number of likely N-dealkylation sites (N-methyl/N-ethyl adjacent to an activating group) is 1. The van der Waals surface area contributed by atoms with Crippen molar-refractivity contribution in [2.45, 2.75) is 40.2 Å². The first-order valence-electron chi connectivity index (χ1n) is 9.03. The number of carbonyl (C=O) groups is 1.